The lowest BCUT2D eigenvalue weighted by molar-refractivity contribution is -0.124. The standard InChI is InChI=1S/C10H15NO/c1-7-6-8-4-2-3-5-9(8)11-10(7)12/h7H,2-6H2,1H3,(H,11,12). The van der Waals surface area contributed by atoms with Gasteiger partial charge in [-0.15, -0.1) is 0 Å². The van der Waals surface area contributed by atoms with Crippen LogP contribution in [-0.4, -0.2) is 5.91 Å². The molecule has 1 atom stereocenters. The monoisotopic (exact) mass is 165 g/mol. The Morgan fingerprint density at radius 2 is 2.08 bits per heavy atom. The first-order chi connectivity index (χ1) is 5.77. The molecule has 0 bridgehead atoms. The van der Waals surface area contributed by atoms with Crippen LogP contribution in [0.2, 0.25) is 0 Å². The van der Waals surface area contributed by atoms with Crippen LogP contribution in [0.3, 0.4) is 0 Å². The largest absolute Gasteiger partial charge is 0.330 e. The number of carbonyl (C=O) groups is 1. The summed E-state index contributed by atoms with van der Waals surface area (Å²) in [6.07, 6.45) is 5.85. The molecular formula is C10H15NO. The van der Waals surface area contributed by atoms with Crippen molar-refractivity contribution in [2.45, 2.75) is 39.0 Å². The second-order valence-electron chi connectivity index (χ2n) is 3.88. The van der Waals surface area contributed by atoms with Crippen molar-refractivity contribution in [1.29, 1.82) is 0 Å². The molecule has 2 rings (SSSR count). The molecule has 0 radical (unpaired) electrons. The van der Waals surface area contributed by atoms with Crippen LogP contribution in [0.5, 0.6) is 0 Å². The second kappa shape index (κ2) is 2.92. The molecule has 1 heterocycles. The van der Waals surface area contributed by atoms with Crippen molar-refractivity contribution in [3.63, 3.8) is 0 Å². The topological polar surface area (TPSA) is 29.1 Å². The minimum absolute atomic E-state index is 0.196. The fraction of sp³-hybridized carbons (Fsp3) is 0.700. The van der Waals surface area contributed by atoms with E-state index in [1.807, 2.05) is 6.92 Å². The molecule has 1 aliphatic carbocycles. The number of hydrogen-bond acceptors (Lipinski definition) is 1. The van der Waals surface area contributed by atoms with E-state index in [1.54, 1.807) is 0 Å². The first kappa shape index (κ1) is 7.84. The lowest BCUT2D eigenvalue weighted by atomic mass is 9.86. The highest BCUT2D eigenvalue weighted by molar-refractivity contribution is 5.81. The summed E-state index contributed by atoms with van der Waals surface area (Å²) in [4.78, 5) is 11.3. The minimum atomic E-state index is 0.196. The Bertz CT molecular complexity index is 242. The molecule has 0 saturated heterocycles. The van der Waals surface area contributed by atoms with E-state index in [9.17, 15) is 4.79 Å². The van der Waals surface area contributed by atoms with Crippen molar-refractivity contribution in [3.8, 4) is 0 Å². The summed E-state index contributed by atoms with van der Waals surface area (Å²) in [7, 11) is 0. The van der Waals surface area contributed by atoms with Crippen molar-refractivity contribution in [3.05, 3.63) is 11.3 Å². The third kappa shape index (κ3) is 1.26. The highest BCUT2D eigenvalue weighted by atomic mass is 16.1. The Morgan fingerprint density at radius 1 is 1.33 bits per heavy atom. The van der Waals surface area contributed by atoms with Crippen LogP contribution < -0.4 is 5.32 Å². The molecule has 0 aromatic carbocycles. The van der Waals surface area contributed by atoms with Gasteiger partial charge in [0.15, 0.2) is 0 Å². The normalized spacial score (nSPS) is 29.8. The fourth-order valence-corrected chi connectivity index (χ4v) is 2.08. The van der Waals surface area contributed by atoms with Gasteiger partial charge in [0.05, 0.1) is 0 Å². The van der Waals surface area contributed by atoms with Gasteiger partial charge in [-0.25, -0.2) is 0 Å². The van der Waals surface area contributed by atoms with Gasteiger partial charge in [0, 0.05) is 11.6 Å². The van der Waals surface area contributed by atoms with Gasteiger partial charge in [-0.05, 0) is 32.1 Å². The average Bonchev–Trinajstić information content (AvgIpc) is 2.07. The van der Waals surface area contributed by atoms with E-state index in [0.29, 0.717) is 0 Å². The third-order valence-electron chi connectivity index (χ3n) is 2.86. The van der Waals surface area contributed by atoms with Crippen molar-refractivity contribution in [2.75, 3.05) is 0 Å². The maximum atomic E-state index is 11.3. The summed E-state index contributed by atoms with van der Waals surface area (Å²) in [5.41, 5.74) is 2.75. The number of nitrogens with one attached hydrogen (secondary N) is 1. The van der Waals surface area contributed by atoms with E-state index in [2.05, 4.69) is 5.32 Å². The molecule has 2 aliphatic rings. The van der Waals surface area contributed by atoms with E-state index in [1.165, 1.54) is 30.5 Å². The smallest absolute Gasteiger partial charge is 0.227 e. The van der Waals surface area contributed by atoms with Crippen LogP contribution in [0.1, 0.15) is 39.0 Å². The average molecular weight is 165 g/mol. The second-order valence-corrected chi connectivity index (χ2v) is 3.88. The van der Waals surface area contributed by atoms with Gasteiger partial charge < -0.3 is 5.32 Å². The fourth-order valence-electron chi connectivity index (χ4n) is 2.08. The summed E-state index contributed by atoms with van der Waals surface area (Å²) in [6.45, 7) is 2.01. The molecule has 1 amide bonds. The van der Waals surface area contributed by atoms with E-state index in [4.69, 9.17) is 0 Å². The van der Waals surface area contributed by atoms with E-state index < -0.39 is 0 Å². The highest BCUT2D eigenvalue weighted by Crippen LogP contribution is 2.31. The van der Waals surface area contributed by atoms with Crippen LogP contribution in [0.25, 0.3) is 0 Å². The van der Waals surface area contributed by atoms with Gasteiger partial charge in [0.25, 0.3) is 0 Å². The molecule has 66 valence electrons. The molecule has 1 N–H and O–H groups in total. The van der Waals surface area contributed by atoms with Gasteiger partial charge in [-0.3, -0.25) is 4.79 Å². The molecule has 1 aliphatic heterocycles. The number of amides is 1. The maximum Gasteiger partial charge on any atom is 0.227 e. The Hall–Kier alpha value is -0.790. The summed E-state index contributed by atoms with van der Waals surface area (Å²) in [5.74, 6) is 0.414. The zero-order valence-electron chi connectivity index (χ0n) is 7.52. The van der Waals surface area contributed by atoms with Crippen LogP contribution in [0.4, 0.5) is 0 Å². The molecule has 0 aromatic rings. The third-order valence-corrected chi connectivity index (χ3v) is 2.86. The Labute approximate surface area is 73.0 Å². The van der Waals surface area contributed by atoms with E-state index >= 15 is 0 Å². The summed E-state index contributed by atoms with van der Waals surface area (Å²) in [6, 6.07) is 0. The van der Waals surface area contributed by atoms with Gasteiger partial charge in [0.2, 0.25) is 5.91 Å². The molecule has 0 aromatic heterocycles. The summed E-state index contributed by atoms with van der Waals surface area (Å²) in [5, 5.41) is 3.01. The molecule has 0 fully saturated rings. The summed E-state index contributed by atoms with van der Waals surface area (Å²) >= 11 is 0. The van der Waals surface area contributed by atoms with Gasteiger partial charge in [0.1, 0.15) is 0 Å². The first-order valence-corrected chi connectivity index (χ1v) is 4.79. The first-order valence-electron chi connectivity index (χ1n) is 4.79. The van der Waals surface area contributed by atoms with Crippen LogP contribution >= 0.6 is 0 Å². The molecule has 1 unspecified atom stereocenters. The van der Waals surface area contributed by atoms with E-state index in [0.717, 1.165) is 12.8 Å². The van der Waals surface area contributed by atoms with Crippen molar-refractivity contribution >= 4 is 5.91 Å². The highest BCUT2D eigenvalue weighted by Gasteiger charge is 2.25. The summed E-state index contributed by atoms with van der Waals surface area (Å²) < 4.78 is 0. The maximum absolute atomic E-state index is 11.3. The van der Waals surface area contributed by atoms with Crippen LogP contribution in [0, 0.1) is 5.92 Å². The predicted molar refractivity (Wildman–Crippen MR) is 47.4 cm³/mol. The van der Waals surface area contributed by atoms with Gasteiger partial charge in [-0.2, -0.15) is 0 Å². The van der Waals surface area contributed by atoms with Crippen LogP contribution in [0.15, 0.2) is 11.3 Å². The van der Waals surface area contributed by atoms with Gasteiger partial charge in [-0.1, -0.05) is 12.5 Å². The van der Waals surface area contributed by atoms with Gasteiger partial charge >= 0.3 is 0 Å². The molecule has 2 heteroatoms. The number of carbonyl (C=O) groups excluding carboxylic acids is 1. The Morgan fingerprint density at radius 3 is 2.92 bits per heavy atom. The Balaban J connectivity index is 2.20. The zero-order chi connectivity index (χ0) is 8.55. The quantitative estimate of drug-likeness (QED) is 0.584. The number of rotatable bonds is 0. The number of hydrogen-bond donors (Lipinski definition) is 1. The molecule has 0 spiro atoms. The minimum Gasteiger partial charge on any atom is -0.330 e. The van der Waals surface area contributed by atoms with E-state index in [-0.39, 0.29) is 11.8 Å². The Kier molecular flexibility index (Phi) is 1.91. The predicted octanol–water partition coefficient (Wildman–Crippen LogP) is 1.97. The van der Waals surface area contributed by atoms with Crippen molar-refractivity contribution in [2.24, 2.45) is 5.92 Å². The van der Waals surface area contributed by atoms with Crippen LogP contribution in [-0.2, 0) is 4.79 Å². The SMILES string of the molecule is CC1CC2=C(CCCC2)NC1=O. The molecular weight excluding hydrogens is 150 g/mol. The molecule has 2 nitrogen and oxygen atoms in total. The number of allylic oxidation sites excluding steroid dienone is 2. The molecule has 0 saturated carbocycles. The lowest BCUT2D eigenvalue weighted by Crippen LogP contribution is -2.35. The zero-order valence-corrected chi connectivity index (χ0v) is 7.52. The van der Waals surface area contributed by atoms with Crippen molar-refractivity contribution in [1.82, 2.24) is 5.32 Å². The van der Waals surface area contributed by atoms with Crippen molar-refractivity contribution < 1.29 is 4.79 Å². The lowest BCUT2D eigenvalue weighted by Gasteiger charge is -2.28. The molecule has 12 heavy (non-hydrogen) atoms.